The van der Waals surface area contributed by atoms with Gasteiger partial charge in [0.05, 0.1) is 0 Å². The van der Waals surface area contributed by atoms with Gasteiger partial charge in [-0.3, -0.25) is 4.90 Å². The van der Waals surface area contributed by atoms with Crippen LogP contribution in [0, 0.1) is 0 Å². The average molecular weight is 217 g/mol. The molecule has 1 rings (SSSR count). The van der Waals surface area contributed by atoms with Crippen LogP contribution in [0.3, 0.4) is 0 Å². The largest absolute Gasteiger partial charge is 0.329 e. The van der Waals surface area contributed by atoms with Gasteiger partial charge in [-0.05, 0) is 33.2 Å². The third-order valence-electron chi connectivity index (χ3n) is 3.14. The SMILES string of the molecule is CC(C)N(CCN)CCC1NCCC1F. The van der Waals surface area contributed by atoms with Crippen molar-refractivity contribution in [2.24, 2.45) is 5.73 Å². The van der Waals surface area contributed by atoms with Crippen LogP contribution in [0.15, 0.2) is 0 Å². The Hall–Kier alpha value is -0.190. The smallest absolute Gasteiger partial charge is 0.117 e. The molecule has 0 aromatic heterocycles. The van der Waals surface area contributed by atoms with Crippen molar-refractivity contribution in [1.29, 1.82) is 0 Å². The van der Waals surface area contributed by atoms with E-state index in [0.717, 1.165) is 26.1 Å². The summed E-state index contributed by atoms with van der Waals surface area (Å²) in [5.41, 5.74) is 5.55. The first kappa shape index (κ1) is 12.9. The molecule has 3 N–H and O–H groups in total. The van der Waals surface area contributed by atoms with Crippen molar-refractivity contribution in [2.45, 2.75) is 44.9 Å². The zero-order valence-corrected chi connectivity index (χ0v) is 9.88. The van der Waals surface area contributed by atoms with Gasteiger partial charge in [-0.15, -0.1) is 0 Å². The highest BCUT2D eigenvalue weighted by Gasteiger charge is 2.26. The molecule has 3 nitrogen and oxygen atoms in total. The summed E-state index contributed by atoms with van der Waals surface area (Å²) in [5, 5.41) is 3.21. The third-order valence-corrected chi connectivity index (χ3v) is 3.14. The fourth-order valence-electron chi connectivity index (χ4n) is 2.12. The summed E-state index contributed by atoms with van der Waals surface area (Å²) in [6.07, 6.45) is 0.902. The van der Waals surface area contributed by atoms with E-state index in [1.54, 1.807) is 0 Å². The molecule has 1 aliphatic heterocycles. The van der Waals surface area contributed by atoms with Gasteiger partial charge in [-0.25, -0.2) is 4.39 Å². The van der Waals surface area contributed by atoms with E-state index in [1.807, 2.05) is 0 Å². The first-order valence-corrected chi connectivity index (χ1v) is 5.96. The van der Waals surface area contributed by atoms with Gasteiger partial charge in [0.2, 0.25) is 0 Å². The molecule has 2 atom stereocenters. The molecular formula is C11H24FN3. The highest BCUT2D eigenvalue weighted by Crippen LogP contribution is 2.14. The van der Waals surface area contributed by atoms with Crippen molar-refractivity contribution in [1.82, 2.24) is 10.2 Å². The molecule has 1 heterocycles. The van der Waals surface area contributed by atoms with E-state index in [0.29, 0.717) is 19.0 Å². The zero-order valence-electron chi connectivity index (χ0n) is 9.88. The summed E-state index contributed by atoms with van der Waals surface area (Å²) in [6.45, 7) is 7.66. The van der Waals surface area contributed by atoms with Crippen LogP contribution in [0.2, 0.25) is 0 Å². The maximum absolute atomic E-state index is 13.3. The lowest BCUT2D eigenvalue weighted by Gasteiger charge is -2.27. The quantitative estimate of drug-likeness (QED) is 0.690. The van der Waals surface area contributed by atoms with Gasteiger partial charge < -0.3 is 11.1 Å². The maximum atomic E-state index is 13.3. The molecule has 4 heteroatoms. The van der Waals surface area contributed by atoms with E-state index in [2.05, 4.69) is 24.1 Å². The van der Waals surface area contributed by atoms with Crippen LogP contribution in [-0.2, 0) is 0 Å². The number of hydrogen-bond acceptors (Lipinski definition) is 3. The lowest BCUT2D eigenvalue weighted by atomic mass is 10.1. The maximum Gasteiger partial charge on any atom is 0.117 e. The lowest BCUT2D eigenvalue weighted by Crippen LogP contribution is -2.39. The molecule has 0 saturated carbocycles. The first-order chi connectivity index (χ1) is 7.15. The Morgan fingerprint density at radius 3 is 2.67 bits per heavy atom. The van der Waals surface area contributed by atoms with Gasteiger partial charge in [0.15, 0.2) is 0 Å². The van der Waals surface area contributed by atoms with Crippen LogP contribution < -0.4 is 11.1 Å². The van der Waals surface area contributed by atoms with E-state index in [9.17, 15) is 4.39 Å². The molecule has 1 saturated heterocycles. The molecule has 0 spiro atoms. The van der Waals surface area contributed by atoms with Gasteiger partial charge in [0.25, 0.3) is 0 Å². The molecule has 0 aliphatic carbocycles. The van der Waals surface area contributed by atoms with E-state index in [-0.39, 0.29) is 6.04 Å². The first-order valence-electron chi connectivity index (χ1n) is 5.96. The van der Waals surface area contributed by atoms with Crippen LogP contribution >= 0.6 is 0 Å². The van der Waals surface area contributed by atoms with E-state index in [4.69, 9.17) is 5.73 Å². The molecule has 0 amide bonds. The highest BCUT2D eigenvalue weighted by atomic mass is 19.1. The van der Waals surface area contributed by atoms with Crippen LogP contribution in [0.4, 0.5) is 4.39 Å². The summed E-state index contributed by atoms with van der Waals surface area (Å²) in [4.78, 5) is 2.31. The van der Waals surface area contributed by atoms with Crippen molar-refractivity contribution in [3.8, 4) is 0 Å². The number of rotatable bonds is 6. The fraction of sp³-hybridized carbons (Fsp3) is 1.00. The molecule has 2 unspecified atom stereocenters. The van der Waals surface area contributed by atoms with Crippen molar-refractivity contribution in [3.63, 3.8) is 0 Å². The molecular weight excluding hydrogens is 193 g/mol. The Kier molecular flexibility index (Phi) is 5.50. The third kappa shape index (κ3) is 4.05. The van der Waals surface area contributed by atoms with Crippen LogP contribution in [0.1, 0.15) is 26.7 Å². The molecule has 0 aromatic carbocycles. The van der Waals surface area contributed by atoms with Gasteiger partial charge in [0, 0.05) is 31.7 Å². The van der Waals surface area contributed by atoms with Crippen molar-refractivity contribution in [3.05, 3.63) is 0 Å². The minimum atomic E-state index is -0.656. The summed E-state index contributed by atoms with van der Waals surface area (Å²) < 4.78 is 13.3. The average Bonchev–Trinajstić information content (AvgIpc) is 2.58. The van der Waals surface area contributed by atoms with Crippen LogP contribution in [0.25, 0.3) is 0 Å². The molecule has 1 fully saturated rings. The minimum absolute atomic E-state index is 0.0593. The van der Waals surface area contributed by atoms with Gasteiger partial charge in [-0.2, -0.15) is 0 Å². The molecule has 0 radical (unpaired) electrons. The van der Waals surface area contributed by atoms with Gasteiger partial charge >= 0.3 is 0 Å². The fourth-order valence-corrected chi connectivity index (χ4v) is 2.12. The second-order valence-electron chi connectivity index (χ2n) is 4.57. The lowest BCUT2D eigenvalue weighted by molar-refractivity contribution is 0.200. The normalized spacial score (nSPS) is 26.8. The van der Waals surface area contributed by atoms with E-state index >= 15 is 0 Å². The Morgan fingerprint density at radius 2 is 2.20 bits per heavy atom. The summed E-state index contributed by atoms with van der Waals surface area (Å²) >= 11 is 0. The topological polar surface area (TPSA) is 41.3 Å². The number of nitrogens with two attached hydrogens (primary N) is 1. The standard InChI is InChI=1S/C11H24FN3/c1-9(2)15(8-5-13)7-4-11-10(12)3-6-14-11/h9-11,14H,3-8,13H2,1-2H3. The Labute approximate surface area is 92.2 Å². The molecule has 90 valence electrons. The number of nitrogens with one attached hydrogen (secondary N) is 1. The monoisotopic (exact) mass is 217 g/mol. The second-order valence-corrected chi connectivity index (χ2v) is 4.57. The van der Waals surface area contributed by atoms with Crippen LogP contribution in [-0.4, -0.2) is 49.3 Å². The minimum Gasteiger partial charge on any atom is -0.329 e. The van der Waals surface area contributed by atoms with Crippen LogP contribution in [0.5, 0.6) is 0 Å². The summed E-state index contributed by atoms with van der Waals surface area (Å²) in [7, 11) is 0. The molecule has 15 heavy (non-hydrogen) atoms. The van der Waals surface area contributed by atoms with Crippen molar-refractivity contribution >= 4 is 0 Å². The van der Waals surface area contributed by atoms with Gasteiger partial charge in [0.1, 0.15) is 6.17 Å². The Morgan fingerprint density at radius 1 is 1.47 bits per heavy atom. The predicted molar refractivity (Wildman–Crippen MR) is 61.7 cm³/mol. The predicted octanol–water partition coefficient (Wildman–Crippen LogP) is 0.746. The number of nitrogens with zero attached hydrogens (tertiary/aromatic N) is 1. The van der Waals surface area contributed by atoms with Gasteiger partial charge in [-0.1, -0.05) is 0 Å². The Bertz CT molecular complexity index is 175. The molecule has 0 bridgehead atoms. The second kappa shape index (κ2) is 6.40. The van der Waals surface area contributed by atoms with E-state index < -0.39 is 6.17 Å². The zero-order chi connectivity index (χ0) is 11.3. The molecule has 0 aromatic rings. The van der Waals surface area contributed by atoms with Crippen molar-refractivity contribution in [2.75, 3.05) is 26.2 Å². The molecule has 1 aliphatic rings. The number of halogens is 1. The number of alkyl halides is 1. The summed E-state index contributed by atoms with van der Waals surface area (Å²) in [6, 6.07) is 0.553. The van der Waals surface area contributed by atoms with Crippen molar-refractivity contribution < 1.29 is 4.39 Å². The number of hydrogen-bond donors (Lipinski definition) is 2. The highest BCUT2D eigenvalue weighted by molar-refractivity contribution is 4.84. The van der Waals surface area contributed by atoms with E-state index in [1.165, 1.54) is 0 Å². The Balaban J connectivity index is 2.26. The summed E-state index contributed by atoms with van der Waals surface area (Å²) in [5.74, 6) is 0.